The fourth-order valence-corrected chi connectivity index (χ4v) is 1.30. The lowest BCUT2D eigenvalue weighted by Crippen LogP contribution is -2.23. The monoisotopic (exact) mass is 554 g/mol. The molecule has 22 heteroatoms. The molecule has 1 rings (SSSR count). The van der Waals surface area contributed by atoms with Crippen molar-refractivity contribution in [2.45, 2.75) is 26.2 Å². The van der Waals surface area contributed by atoms with E-state index in [1.807, 2.05) is 0 Å². The van der Waals surface area contributed by atoms with Crippen LogP contribution in [-0.2, 0) is 18.3 Å². The zero-order valence-corrected chi connectivity index (χ0v) is 19.7. The second-order valence-corrected chi connectivity index (χ2v) is 8.89. The molecule has 192 valence electrons. The standard InChI is InChI=1S/C9H18N2.4FH2O3P/c1-3-4-5-6-11-8-7-10(2)9-11;4*1-5(2,3)4/h7-8H,3-6,9H2,1-2H3;4*(H2,2,3,4). The van der Waals surface area contributed by atoms with E-state index >= 15 is 0 Å². The lowest BCUT2D eigenvalue weighted by Gasteiger charge is -2.17. The second-order valence-electron chi connectivity index (χ2n) is 5.11. The molecule has 1 heterocycles. The van der Waals surface area contributed by atoms with Gasteiger partial charge in [0.25, 0.3) is 0 Å². The summed E-state index contributed by atoms with van der Waals surface area (Å²) in [5.41, 5.74) is 0. The van der Waals surface area contributed by atoms with Crippen molar-refractivity contribution in [3.05, 3.63) is 12.4 Å². The van der Waals surface area contributed by atoms with E-state index in [9.17, 15) is 16.8 Å². The second kappa shape index (κ2) is 18.1. The molecule has 8 N–H and O–H groups in total. The highest BCUT2D eigenvalue weighted by Gasteiger charge is 2.07. The van der Waals surface area contributed by atoms with Crippen LogP contribution in [0.25, 0.3) is 0 Å². The van der Waals surface area contributed by atoms with E-state index in [4.69, 9.17) is 57.4 Å². The minimum absolute atomic E-state index is 1.07. The molecule has 0 aliphatic carbocycles. The highest BCUT2D eigenvalue weighted by atomic mass is 31.2. The molecule has 0 fully saturated rings. The number of hydrogen-bond acceptors (Lipinski definition) is 6. The van der Waals surface area contributed by atoms with E-state index in [0.29, 0.717) is 0 Å². The molecule has 0 aromatic heterocycles. The van der Waals surface area contributed by atoms with Crippen LogP contribution in [0.2, 0.25) is 0 Å². The van der Waals surface area contributed by atoms with Crippen LogP contribution in [0.5, 0.6) is 0 Å². The number of rotatable bonds is 4. The van der Waals surface area contributed by atoms with Gasteiger partial charge in [-0.25, -0.2) is 18.3 Å². The van der Waals surface area contributed by atoms with E-state index in [2.05, 4.69) is 36.2 Å². The first-order valence-electron chi connectivity index (χ1n) is 7.46. The predicted molar refractivity (Wildman–Crippen MR) is 101 cm³/mol. The van der Waals surface area contributed by atoms with Gasteiger partial charge in [-0.1, -0.05) is 19.8 Å². The average molecular weight is 554 g/mol. The van der Waals surface area contributed by atoms with E-state index in [1.165, 1.54) is 25.8 Å². The third-order valence-corrected chi connectivity index (χ3v) is 1.99. The molecule has 0 radical (unpaired) electrons. The van der Waals surface area contributed by atoms with Crippen molar-refractivity contribution in [2.24, 2.45) is 0 Å². The normalized spacial score (nSPS) is 13.5. The first kappa shape index (κ1) is 37.9. The van der Waals surface area contributed by atoms with Crippen LogP contribution in [0.1, 0.15) is 26.2 Å². The summed E-state index contributed by atoms with van der Waals surface area (Å²) in [6.45, 7) is 4.53. The molecule has 0 bridgehead atoms. The first-order chi connectivity index (χ1) is 13.3. The Labute approximate surface area is 175 Å². The number of nitrogens with zero attached hydrogens (tertiary/aromatic N) is 2. The summed E-state index contributed by atoms with van der Waals surface area (Å²) in [6, 6.07) is 0. The van der Waals surface area contributed by atoms with Crippen molar-refractivity contribution < 1.29 is 74.2 Å². The Morgan fingerprint density at radius 2 is 1.00 bits per heavy atom. The Kier molecular flexibility index (Phi) is 22.2. The molecule has 1 aliphatic rings. The Morgan fingerprint density at radius 1 is 0.710 bits per heavy atom. The Hall–Kier alpha value is -0.340. The number of hydrogen-bond donors (Lipinski definition) is 8. The van der Waals surface area contributed by atoms with E-state index in [-0.39, 0.29) is 0 Å². The maximum Gasteiger partial charge on any atom is 0.507 e. The summed E-state index contributed by atoms with van der Waals surface area (Å²) in [5.74, 6) is 0. The smallest absolute Gasteiger partial charge is 0.362 e. The topological polar surface area (TPSA) is 237 Å². The van der Waals surface area contributed by atoms with Crippen molar-refractivity contribution >= 4 is 31.6 Å². The van der Waals surface area contributed by atoms with Gasteiger partial charge in [-0.05, 0) is 6.42 Å². The molecule has 1 aliphatic heterocycles. The van der Waals surface area contributed by atoms with Gasteiger partial charge in [0.2, 0.25) is 0 Å². The van der Waals surface area contributed by atoms with Crippen LogP contribution in [0.4, 0.5) is 16.8 Å². The molecule has 0 atom stereocenters. The van der Waals surface area contributed by atoms with Crippen molar-refractivity contribution in [3.8, 4) is 0 Å². The predicted octanol–water partition coefficient (Wildman–Crippen LogP) is 2.05. The highest BCUT2D eigenvalue weighted by Crippen LogP contribution is 2.36. The van der Waals surface area contributed by atoms with Crippen molar-refractivity contribution in [1.82, 2.24) is 9.80 Å². The fraction of sp³-hybridized carbons (Fsp3) is 0.778. The first-order valence-corrected chi connectivity index (χ1v) is 13.5. The maximum atomic E-state index is 10.4. The third kappa shape index (κ3) is 122. The highest BCUT2D eigenvalue weighted by molar-refractivity contribution is 7.46. The molecule has 0 spiro atoms. The zero-order valence-electron chi connectivity index (χ0n) is 16.1. The van der Waals surface area contributed by atoms with Gasteiger partial charge in [-0.3, -0.25) is 39.1 Å². The van der Waals surface area contributed by atoms with Crippen LogP contribution in [0.3, 0.4) is 0 Å². The largest absolute Gasteiger partial charge is 0.507 e. The molecular weight excluding hydrogens is 528 g/mol. The molecule has 0 saturated carbocycles. The van der Waals surface area contributed by atoms with Gasteiger partial charge >= 0.3 is 31.6 Å². The zero-order chi connectivity index (χ0) is 26.1. The molecule has 14 nitrogen and oxygen atoms in total. The summed E-state index contributed by atoms with van der Waals surface area (Å²) in [6.07, 6.45) is 8.30. The summed E-state index contributed by atoms with van der Waals surface area (Å²) in [5, 5.41) is 0. The Balaban J connectivity index is -0.000000157. The molecular formula is C9H26F4N2O12P4. The van der Waals surface area contributed by atoms with Gasteiger partial charge in [0.05, 0.1) is 6.67 Å². The van der Waals surface area contributed by atoms with E-state index in [0.717, 1.165) is 6.67 Å². The summed E-state index contributed by atoms with van der Waals surface area (Å²) >= 11 is 0. The third-order valence-electron chi connectivity index (χ3n) is 1.99. The van der Waals surface area contributed by atoms with Gasteiger partial charge in [0.1, 0.15) is 0 Å². The summed E-state index contributed by atoms with van der Waals surface area (Å²) in [7, 11) is -18.4. The van der Waals surface area contributed by atoms with Gasteiger partial charge in [-0.2, -0.15) is 0 Å². The minimum atomic E-state index is -5.14. The summed E-state index contributed by atoms with van der Waals surface area (Å²) in [4.78, 5) is 60.3. The van der Waals surface area contributed by atoms with Crippen LogP contribution in [0, 0.1) is 0 Å². The molecule has 0 amide bonds. The lowest BCUT2D eigenvalue weighted by molar-refractivity contribution is 0.291. The average Bonchev–Trinajstić information content (AvgIpc) is 2.77. The van der Waals surface area contributed by atoms with Gasteiger partial charge in [0.15, 0.2) is 0 Å². The van der Waals surface area contributed by atoms with Crippen LogP contribution in [0.15, 0.2) is 12.4 Å². The molecule has 31 heavy (non-hydrogen) atoms. The van der Waals surface area contributed by atoms with Crippen molar-refractivity contribution in [3.63, 3.8) is 0 Å². The van der Waals surface area contributed by atoms with Gasteiger partial charge in [0, 0.05) is 26.0 Å². The molecule has 0 saturated heterocycles. The number of halogens is 4. The van der Waals surface area contributed by atoms with Crippen LogP contribution < -0.4 is 0 Å². The molecule has 0 aromatic rings. The van der Waals surface area contributed by atoms with Crippen LogP contribution in [-0.4, -0.2) is 69.2 Å². The SMILES string of the molecule is CCCCCN1C=CN(C)C1.O=P(O)(O)F.O=P(O)(O)F.O=P(O)(O)F.O=P(O)(O)F. The molecule has 0 aromatic carbocycles. The van der Waals surface area contributed by atoms with E-state index < -0.39 is 31.6 Å². The maximum absolute atomic E-state index is 10.4. The lowest BCUT2D eigenvalue weighted by atomic mass is 10.2. The minimum Gasteiger partial charge on any atom is -0.362 e. The van der Waals surface area contributed by atoms with Gasteiger partial charge < -0.3 is 9.80 Å². The van der Waals surface area contributed by atoms with Crippen molar-refractivity contribution in [2.75, 3.05) is 20.3 Å². The fourth-order valence-electron chi connectivity index (χ4n) is 1.30. The quantitative estimate of drug-likeness (QED) is 0.141. The number of unbranched alkanes of at least 4 members (excludes halogenated alkanes) is 2. The summed E-state index contributed by atoms with van der Waals surface area (Å²) < 4.78 is 76.1. The van der Waals surface area contributed by atoms with E-state index in [1.54, 1.807) is 0 Å². The Morgan fingerprint density at radius 3 is 1.19 bits per heavy atom. The molecule has 0 unspecified atom stereocenters. The Bertz CT molecular complexity index is 549. The van der Waals surface area contributed by atoms with Crippen LogP contribution >= 0.6 is 31.6 Å². The van der Waals surface area contributed by atoms with Gasteiger partial charge in [-0.15, -0.1) is 16.8 Å². The van der Waals surface area contributed by atoms with Crippen molar-refractivity contribution in [1.29, 1.82) is 0 Å².